The van der Waals surface area contributed by atoms with Crippen molar-refractivity contribution in [1.29, 1.82) is 0 Å². The van der Waals surface area contributed by atoms with E-state index >= 15 is 0 Å². The van der Waals surface area contributed by atoms with E-state index in [0.29, 0.717) is 10.6 Å². The van der Waals surface area contributed by atoms with Crippen molar-refractivity contribution < 1.29 is 14.0 Å². The van der Waals surface area contributed by atoms with E-state index in [2.05, 4.69) is 10.6 Å². The number of hydrogen-bond acceptors (Lipinski definition) is 4. The first kappa shape index (κ1) is 16.0. The van der Waals surface area contributed by atoms with E-state index in [9.17, 15) is 9.59 Å². The molecule has 0 aliphatic heterocycles. The van der Waals surface area contributed by atoms with E-state index in [0.717, 1.165) is 0 Å². The largest absolute Gasteiger partial charge is 0.465 e. The van der Waals surface area contributed by atoms with Gasteiger partial charge in [-0.25, -0.2) is 0 Å². The van der Waals surface area contributed by atoms with Crippen molar-refractivity contribution in [2.24, 2.45) is 0 Å². The average Bonchev–Trinajstić information content (AvgIpc) is 3.09. The molecule has 2 aromatic heterocycles. The van der Waals surface area contributed by atoms with E-state index in [1.807, 2.05) is 20.8 Å². The van der Waals surface area contributed by atoms with Crippen LogP contribution in [-0.2, 0) is 4.79 Å². The zero-order valence-electron chi connectivity index (χ0n) is 12.7. The first-order valence-corrected chi connectivity index (χ1v) is 7.66. The highest BCUT2D eigenvalue weighted by atomic mass is 32.1. The molecule has 2 rings (SSSR count). The Bertz CT molecular complexity index is 665. The Kier molecular flexibility index (Phi) is 4.82. The molecular weight excluding hydrogens is 300 g/mol. The highest BCUT2D eigenvalue weighted by molar-refractivity contribution is 7.12. The summed E-state index contributed by atoms with van der Waals surface area (Å²) in [6.07, 6.45) is 3.01. The normalized spacial score (nSPS) is 12.0. The maximum Gasteiger partial charge on any atom is 0.268 e. The molecule has 0 fully saturated rings. The van der Waals surface area contributed by atoms with Gasteiger partial charge in [0.2, 0.25) is 0 Å². The molecule has 6 heteroatoms. The Hall–Kier alpha value is -2.34. The van der Waals surface area contributed by atoms with Gasteiger partial charge in [0.15, 0.2) is 0 Å². The van der Waals surface area contributed by atoms with Crippen molar-refractivity contribution in [2.45, 2.75) is 26.3 Å². The lowest BCUT2D eigenvalue weighted by Crippen LogP contribution is -2.44. The average molecular weight is 318 g/mol. The number of carbonyl (C=O) groups is 2. The second-order valence-electron chi connectivity index (χ2n) is 5.71. The maximum absolute atomic E-state index is 12.4. The molecule has 0 aliphatic carbocycles. The maximum atomic E-state index is 12.4. The summed E-state index contributed by atoms with van der Waals surface area (Å²) in [5, 5.41) is 7.27. The molecule has 0 saturated heterocycles. The van der Waals surface area contributed by atoms with Crippen LogP contribution in [0, 0.1) is 0 Å². The standard InChI is InChI=1S/C16H18N2O3S/c1-16(2,3)18-14(19)12(10-11-6-4-8-21-11)17-15(20)13-7-5-9-22-13/h4-10H,1-3H3,(H,17,20)(H,18,19)/b12-10-. The third-order valence-electron chi connectivity index (χ3n) is 2.56. The quantitative estimate of drug-likeness (QED) is 0.851. The summed E-state index contributed by atoms with van der Waals surface area (Å²) < 4.78 is 5.21. The highest BCUT2D eigenvalue weighted by Gasteiger charge is 2.20. The number of hydrogen-bond donors (Lipinski definition) is 2. The molecular formula is C16H18N2O3S. The second-order valence-corrected chi connectivity index (χ2v) is 6.66. The van der Waals surface area contributed by atoms with E-state index in [4.69, 9.17) is 4.42 Å². The van der Waals surface area contributed by atoms with Crippen LogP contribution in [0.2, 0.25) is 0 Å². The lowest BCUT2D eigenvalue weighted by Gasteiger charge is -2.21. The first-order chi connectivity index (χ1) is 10.3. The van der Waals surface area contributed by atoms with Gasteiger partial charge in [-0.2, -0.15) is 0 Å². The fourth-order valence-electron chi connectivity index (χ4n) is 1.67. The number of carbonyl (C=O) groups excluding carboxylic acids is 2. The first-order valence-electron chi connectivity index (χ1n) is 6.78. The van der Waals surface area contributed by atoms with E-state index in [-0.39, 0.29) is 17.5 Å². The summed E-state index contributed by atoms with van der Waals surface area (Å²) >= 11 is 1.31. The van der Waals surface area contributed by atoms with Crippen molar-refractivity contribution in [3.63, 3.8) is 0 Å². The Morgan fingerprint density at radius 3 is 2.55 bits per heavy atom. The highest BCUT2D eigenvalue weighted by Crippen LogP contribution is 2.12. The Labute approximate surface area is 133 Å². The fraction of sp³-hybridized carbons (Fsp3) is 0.250. The van der Waals surface area contributed by atoms with E-state index in [1.165, 1.54) is 23.7 Å². The summed E-state index contributed by atoms with van der Waals surface area (Å²) in [4.78, 5) is 25.1. The molecule has 2 N–H and O–H groups in total. The fourth-order valence-corrected chi connectivity index (χ4v) is 2.29. The monoisotopic (exact) mass is 318 g/mol. The van der Waals surface area contributed by atoms with Gasteiger partial charge in [-0.3, -0.25) is 9.59 Å². The minimum atomic E-state index is -0.410. The van der Waals surface area contributed by atoms with E-state index < -0.39 is 5.54 Å². The zero-order valence-corrected chi connectivity index (χ0v) is 13.5. The van der Waals surface area contributed by atoms with Crippen LogP contribution >= 0.6 is 11.3 Å². The molecule has 2 amide bonds. The molecule has 0 aliphatic rings. The molecule has 0 saturated carbocycles. The van der Waals surface area contributed by atoms with Crippen LogP contribution in [0.1, 0.15) is 36.2 Å². The molecule has 2 aromatic rings. The lowest BCUT2D eigenvalue weighted by atomic mass is 10.1. The number of rotatable bonds is 4. The molecule has 5 nitrogen and oxygen atoms in total. The molecule has 0 atom stereocenters. The van der Waals surface area contributed by atoms with Crippen molar-refractivity contribution in [2.75, 3.05) is 0 Å². The van der Waals surface area contributed by atoms with Gasteiger partial charge in [-0.05, 0) is 44.4 Å². The van der Waals surface area contributed by atoms with Crippen LogP contribution in [0.5, 0.6) is 0 Å². The summed E-state index contributed by atoms with van der Waals surface area (Å²) in [5.74, 6) is -0.198. The molecule has 0 bridgehead atoms. The molecule has 116 valence electrons. The second kappa shape index (κ2) is 6.62. The minimum absolute atomic E-state index is 0.142. The van der Waals surface area contributed by atoms with Crippen molar-refractivity contribution in [1.82, 2.24) is 10.6 Å². The van der Waals surface area contributed by atoms with E-state index in [1.54, 1.807) is 29.6 Å². The van der Waals surface area contributed by atoms with Crippen LogP contribution in [0.25, 0.3) is 6.08 Å². The van der Waals surface area contributed by atoms with Crippen LogP contribution in [-0.4, -0.2) is 17.4 Å². The van der Waals surface area contributed by atoms with Gasteiger partial charge < -0.3 is 15.1 Å². The smallest absolute Gasteiger partial charge is 0.268 e. The number of furan rings is 1. The third kappa shape index (κ3) is 4.60. The molecule has 0 radical (unpaired) electrons. The summed E-state index contributed by atoms with van der Waals surface area (Å²) in [7, 11) is 0. The lowest BCUT2D eigenvalue weighted by molar-refractivity contribution is -0.119. The van der Waals surface area contributed by atoms with Gasteiger partial charge in [0, 0.05) is 11.6 Å². The van der Waals surface area contributed by atoms with Crippen LogP contribution < -0.4 is 10.6 Å². The Balaban J connectivity index is 2.22. The van der Waals surface area contributed by atoms with Crippen LogP contribution in [0.4, 0.5) is 0 Å². The van der Waals surface area contributed by atoms with Crippen molar-refractivity contribution in [3.05, 3.63) is 52.2 Å². The third-order valence-corrected chi connectivity index (χ3v) is 3.42. The topological polar surface area (TPSA) is 71.3 Å². The van der Waals surface area contributed by atoms with Gasteiger partial charge in [-0.1, -0.05) is 6.07 Å². The SMILES string of the molecule is CC(C)(C)NC(=O)/C(=C/c1ccco1)NC(=O)c1cccs1. The van der Waals surface area contributed by atoms with Crippen LogP contribution in [0.15, 0.2) is 46.0 Å². The zero-order chi connectivity index (χ0) is 16.2. The Morgan fingerprint density at radius 2 is 2.00 bits per heavy atom. The molecule has 0 unspecified atom stereocenters. The summed E-state index contributed by atoms with van der Waals surface area (Å²) in [6.45, 7) is 5.61. The summed E-state index contributed by atoms with van der Waals surface area (Å²) in [6, 6.07) is 6.91. The predicted molar refractivity (Wildman–Crippen MR) is 86.4 cm³/mol. The summed E-state index contributed by atoms with van der Waals surface area (Å²) in [5.41, 5.74) is -0.268. The van der Waals surface area contributed by atoms with Gasteiger partial charge in [0.25, 0.3) is 11.8 Å². The molecule has 0 spiro atoms. The Morgan fingerprint density at radius 1 is 1.23 bits per heavy atom. The number of amides is 2. The van der Waals surface area contributed by atoms with Gasteiger partial charge in [0.1, 0.15) is 11.5 Å². The van der Waals surface area contributed by atoms with Gasteiger partial charge in [-0.15, -0.1) is 11.3 Å². The van der Waals surface area contributed by atoms with Crippen molar-refractivity contribution >= 4 is 29.2 Å². The minimum Gasteiger partial charge on any atom is -0.465 e. The van der Waals surface area contributed by atoms with Gasteiger partial charge in [0.05, 0.1) is 11.1 Å². The van der Waals surface area contributed by atoms with Gasteiger partial charge >= 0.3 is 0 Å². The number of nitrogens with one attached hydrogen (secondary N) is 2. The number of thiophene rings is 1. The van der Waals surface area contributed by atoms with Crippen LogP contribution in [0.3, 0.4) is 0 Å². The molecule has 22 heavy (non-hydrogen) atoms. The molecule has 2 heterocycles. The van der Waals surface area contributed by atoms with Crippen molar-refractivity contribution in [3.8, 4) is 0 Å². The molecule has 0 aromatic carbocycles. The predicted octanol–water partition coefficient (Wildman–Crippen LogP) is 3.03.